The van der Waals surface area contributed by atoms with Crippen molar-refractivity contribution in [2.45, 2.75) is 17.4 Å². The van der Waals surface area contributed by atoms with E-state index in [0.717, 1.165) is 5.56 Å². The molecule has 0 radical (unpaired) electrons. The Morgan fingerprint density at radius 2 is 1.45 bits per heavy atom. The summed E-state index contributed by atoms with van der Waals surface area (Å²) in [7, 11) is 0.302. The number of carbonyl (C=O) groups excluding carboxylic acids is 1. The summed E-state index contributed by atoms with van der Waals surface area (Å²) < 4.78 is 44.5. The van der Waals surface area contributed by atoms with Crippen LogP contribution in [0.3, 0.4) is 0 Å². The van der Waals surface area contributed by atoms with Crippen molar-refractivity contribution in [1.82, 2.24) is 4.72 Å². The van der Waals surface area contributed by atoms with Gasteiger partial charge in [-0.3, -0.25) is 4.79 Å². The zero-order chi connectivity index (χ0) is 23.8. The summed E-state index contributed by atoms with van der Waals surface area (Å²) in [6.07, 6.45) is 0.147. The fraction of sp³-hybridized carbons (Fsp3) is 0.208. The van der Waals surface area contributed by atoms with E-state index in [1.807, 2.05) is 30.3 Å². The van der Waals surface area contributed by atoms with Gasteiger partial charge < -0.3 is 19.5 Å². The van der Waals surface area contributed by atoms with E-state index in [4.69, 9.17) is 14.2 Å². The first kappa shape index (κ1) is 24.1. The lowest BCUT2D eigenvalue weighted by molar-refractivity contribution is -0.117. The molecule has 3 aromatic rings. The quantitative estimate of drug-likeness (QED) is 0.472. The Morgan fingerprint density at radius 1 is 0.818 bits per heavy atom. The number of carbonyl (C=O) groups is 1. The zero-order valence-electron chi connectivity index (χ0n) is 18.6. The molecule has 0 fully saturated rings. The highest BCUT2D eigenvalue weighted by atomic mass is 32.2. The molecule has 1 atom stereocenters. The monoisotopic (exact) mass is 470 g/mol. The van der Waals surface area contributed by atoms with Crippen molar-refractivity contribution in [1.29, 1.82) is 0 Å². The minimum absolute atomic E-state index is 0.0525. The van der Waals surface area contributed by atoms with Crippen LogP contribution in [0.1, 0.15) is 5.56 Å². The minimum Gasteiger partial charge on any atom is -0.495 e. The molecule has 2 N–H and O–H groups in total. The van der Waals surface area contributed by atoms with E-state index < -0.39 is 22.0 Å². The number of hydrogen-bond donors (Lipinski definition) is 2. The predicted octanol–water partition coefficient (Wildman–Crippen LogP) is 3.24. The lowest BCUT2D eigenvalue weighted by atomic mass is 10.1. The van der Waals surface area contributed by atoms with Crippen molar-refractivity contribution in [3.63, 3.8) is 0 Å². The van der Waals surface area contributed by atoms with E-state index in [2.05, 4.69) is 10.0 Å². The second-order valence-electron chi connectivity index (χ2n) is 7.07. The van der Waals surface area contributed by atoms with Gasteiger partial charge in [0.1, 0.15) is 11.8 Å². The average Bonchev–Trinajstić information content (AvgIpc) is 2.84. The third-order valence-electron chi connectivity index (χ3n) is 4.93. The molecule has 0 saturated heterocycles. The number of amides is 1. The molecule has 0 aliphatic heterocycles. The van der Waals surface area contributed by atoms with Gasteiger partial charge in [0.15, 0.2) is 11.5 Å². The van der Waals surface area contributed by atoms with Crippen LogP contribution in [0.2, 0.25) is 0 Å². The summed E-state index contributed by atoms with van der Waals surface area (Å²) in [6, 6.07) is 19.2. The first-order chi connectivity index (χ1) is 15.9. The van der Waals surface area contributed by atoms with Crippen molar-refractivity contribution in [3.05, 3.63) is 78.4 Å². The molecule has 174 valence electrons. The summed E-state index contributed by atoms with van der Waals surface area (Å²) in [6.45, 7) is 0. The molecule has 3 aromatic carbocycles. The Morgan fingerprint density at radius 3 is 2.12 bits per heavy atom. The van der Waals surface area contributed by atoms with Crippen molar-refractivity contribution < 1.29 is 27.4 Å². The highest BCUT2D eigenvalue weighted by Gasteiger charge is 2.27. The maximum absolute atomic E-state index is 13.2. The van der Waals surface area contributed by atoms with Gasteiger partial charge in [0.2, 0.25) is 15.9 Å². The number of anilines is 1. The largest absolute Gasteiger partial charge is 0.495 e. The molecule has 0 saturated carbocycles. The second kappa shape index (κ2) is 10.8. The van der Waals surface area contributed by atoms with Crippen LogP contribution in [0, 0.1) is 0 Å². The predicted molar refractivity (Wildman–Crippen MR) is 125 cm³/mol. The molecule has 0 spiro atoms. The molecular formula is C24H26N2O6S. The van der Waals surface area contributed by atoms with Crippen LogP contribution in [0.25, 0.3) is 0 Å². The Balaban J connectivity index is 1.91. The Kier molecular flexibility index (Phi) is 7.92. The summed E-state index contributed by atoms with van der Waals surface area (Å²) in [5.74, 6) is 0.601. The van der Waals surface area contributed by atoms with Gasteiger partial charge in [-0.2, -0.15) is 4.72 Å². The summed E-state index contributed by atoms with van der Waals surface area (Å²) in [5, 5.41) is 2.76. The number of ether oxygens (including phenoxy) is 3. The molecule has 0 aliphatic carbocycles. The van der Waals surface area contributed by atoms with Crippen molar-refractivity contribution in [2.24, 2.45) is 0 Å². The molecular weight excluding hydrogens is 444 g/mol. The number of benzene rings is 3. The number of para-hydroxylation sites is 2. The van der Waals surface area contributed by atoms with Gasteiger partial charge in [0.05, 0.1) is 31.9 Å². The summed E-state index contributed by atoms with van der Waals surface area (Å²) >= 11 is 0. The van der Waals surface area contributed by atoms with Crippen LogP contribution in [0.15, 0.2) is 77.7 Å². The molecule has 3 rings (SSSR count). The highest BCUT2D eigenvalue weighted by molar-refractivity contribution is 7.89. The smallest absolute Gasteiger partial charge is 0.243 e. The first-order valence-corrected chi connectivity index (χ1v) is 11.6. The van der Waals surface area contributed by atoms with Gasteiger partial charge in [0.25, 0.3) is 0 Å². The Hall–Kier alpha value is -3.56. The topological polar surface area (TPSA) is 103 Å². The van der Waals surface area contributed by atoms with E-state index >= 15 is 0 Å². The second-order valence-corrected chi connectivity index (χ2v) is 8.78. The van der Waals surface area contributed by atoms with Crippen LogP contribution in [-0.4, -0.2) is 41.7 Å². The van der Waals surface area contributed by atoms with Crippen LogP contribution < -0.4 is 24.2 Å². The molecule has 0 bridgehead atoms. The molecule has 9 heteroatoms. The van der Waals surface area contributed by atoms with Crippen LogP contribution in [-0.2, 0) is 21.2 Å². The number of sulfonamides is 1. The number of nitrogens with one attached hydrogen (secondary N) is 2. The minimum atomic E-state index is -4.07. The van der Waals surface area contributed by atoms with Gasteiger partial charge >= 0.3 is 0 Å². The van der Waals surface area contributed by atoms with E-state index in [9.17, 15) is 13.2 Å². The zero-order valence-corrected chi connectivity index (χ0v) is 19.4. The van der Waals surface area contributed by atoms with Crippen LogP contribution in [0.5, 0.6) is 17.2 Å². The molecule has 33 heavy (non-hydrogen) atoms. The SMILES string of the molecule is COc1ccccc1NC(=O)[C@H](Cc1ccccc1)NS(=O)(=O)c1ccc(OC)c(OC)c1. The summed E-state index contributed by atoms with van der Waals surface area (Å²) in [4.78, 5) is 13.1. The van der Waals surface area contributed by atoms with Gasteiger partial charge in [-0.15, -0.1) is 0 Å². The average molecular weight is 471 g/mol. The van der Waals surface area contributed by atoms with Crippen molar-refractivity contribution in [3.8, 4) is 17.2 Å². The third kappa shape index (κ3) is 6.03. The maximum atomic E-state index is 13.2. The molecule has 0 heterocycles. The first-order valence-electron chi connectivity index (χ1n) is 10.1. The lowest BCUT2D eigenvalue weighted by Crippen LogP contribution is -2.45. The van der Waals surface area contributed by atoms with Gasteiger partial charge in [-0.05, 0) is 36.2 Å². The van der Waals surface area contributed by atoms with E-state index in [0.29, 0.717) is 17.2 Å². The van der Waals surface area contributed by atoms with Crippen LogP contribution >= 0.6 is 0 Å². The normalized spacial score (nSPS) is 12.0. The number of methoxy groups -OCH3 is 3. The van der Waals surface area contributed by atoms with E-state index in [1.165, 1.54) is 39.5 Å². The molecule has 0 aliphatic rings. The van der Waals surface area contributed by atoms with Gasteiger partial charge in [-0.1, -0.05) is 42.5 Å². The standard InChI is InChI=1S/C24H26N2O6S/c1-30-21-12-8-7-11-19(21)25-24(27)20(15-17-9-5-4-6-10-17)26-33(28,29)18-13-14-22(31-2)23(16-18)32-3/h4-14,16,20,26H,15H2,1-3H3,(H,25,27)/t20-/m0/s1. The molecule has 0 unspecified atom stereocenters. The van der Waals surface area contributed by atoms with Crippen LogP contribution in [0.4, 0.5) is 5.69 Å². The maximum Gasteiger partial charge on any atom is 0.243 e. The van der Waals surface area contributed by atoms with Gasteiger partial charge in [0, 0.05) is 6.07 Å². The lowest BCUT2D eigenvalue weighted by Gasteiger charge is -2.20. The van der Waals surface area contributed by atoms with Crippen molar-refractivity contribution >= 4 is 21.6 Å². The number of rotatable bonds is 10. The molecule has 0 aromatic heterocycles. The fourth-order valence-electron chi connectivity index (χ4n) is 3.24. The Bertz CT molecular complexity index is 1200. The van der Waals surface area contributed by atoms with E-state index in [1.54, 1.807) is 24.3 Å². The molecule has 1 amide bonds. The Labute approximate surface area is 193 Å². The van der Waals surface area contributed by atoms with Gasteiger partial charge in [-0.25, -0.2) is 8.42 Å². The van der Waals surface area contributed by atoms with Crippen molar-refractivity contribution in [2.75, 3.05) is 26.6 Å². The third-order valence-corrected chi connectivity index (χ3v) is 6.40. The fourth-order valence-corrected chi connectivity index (χ4v) is 4.45. The summed E-state index contributed by atoms with van der Waals surface area (Å²) in [5.41, 5.74) is 1.24. The molecule has 8 nitrogen and oxygen atoms in total. The van der Waals surface area contributed by atoms with E-state index in [-0.39, 0.29) is 17.1 Å². The number of hydrogen-bond acceptors (Lipinski definition) is 6. The highest BCUT2D eigenvalue weighted by Crippen LogP contribution is 2.29.